The monoisotopic (exact) mass is 422 g/mol. The van der Waals surface area contributed by atoms with Gasteiger partial charge in [-0.15, -0.1) is 0 Å². The van der Waals surface area contributed by atoms with E-state index in [4.69, 9.17) is 15.9 Å². The molecule has 0 spiro atoms. The number of aliphatic hydroxyl groups is 1. The van der Waals surface area contributed by atoms with E-state index in [1.807, 2.05) is 0 Å². The molecule has 0 bridgehead atoms. The molecule has 3 amide bonds. The highest BCUT2D eigenvalue weighted by Gasteiger charge is 2.27. The fraction of sp³-hybridized carbons (Fsp3) is 0.667. The van der Waals surface area contributed by atoms with Crippen LogP contribution < -0.4 is 21.7 Å². The number of carboxylic acid groups (broad SMARTS) is 2. The van der Waals surface area contributed by atoms with E-state index >= 15 is 0 Å². The highest BCUT2D eigenvalue weighted by Crippen LogP contribution is 2.02. The molecule has 4 atom stereocenters. The number of rotatable bonds is 13. The molecule has 0 aliphatic heterocycles. The zero-order valence-corrected chi connectivity index (χ0v) is 16.3. The maximum Gasteiger partial charge on any atom is 0.328 e. The van der Waals surface area contributed by atoms with Crippen LogP contribution in [0, 0.1) is 0 Å². The maximum atomic E-state index is 12.2. The first-order chi connectivity index (χ1) is 13.0. The summed E-state index contributed by atoms with van der Waals surface area (Å²) in [6.45, 7) is 0.605. The molecule has 0 fully saturated rings. The van der Waals surface area contributed by atoms with Crippen molar-refractivity contribution in [2.45, 2.75) is 44.0 Å². The average Bonchev–Trinajstić information content (AvgIpc) is 2.59. The maximum absolute atomic E-state index is 12.2. The smallest absolute Gasteiger partial charge is 0.328 e. The van der Waals surface area contributed by atoms with Crippen molar-refractivity contribution in [1.82, 2.24) is 16.0 Å². The normalized spacial score (nSPS) is 14.9. The van der Waals surface area contributed by atoms with Gasteiger partial charge in [-0.3, -0.25) is 19.2 Å². The molecule has 160 valence electrons. The first-order valence-corrected chi connectivity index (χ1v) is 9.63. The van der Waals surface area contributed by atoms with E-state index in [0.29, 0.717) is 5.75 Å². The van der Waals surface area contributed by atoms with Crippen LogP contribution in [0.3, 0.4) is 0 Å². The molecule has 0 heterocycles. The number of amides is 3. The Hall–Kier alpha value is -2.38. The van der Waals surface area contributed by atoms with Crippen LogP contribution in [0.2, 0.25) is 0 Å². The van der Waals surface area contributed by atoms with Crippen molar-refractivity contribution < 1.29 is 39.3 Å². The summed E-state index contributed by atoms with van der Waals surface area (Å²) in [7, 11) is 0. The Balaban J connectivity index is 4.80. The summed E-state index contributed by atoms with van der Waals surface area (Å²) in [4.78, 5) is 57.5. The fourth-order valence-electron chi connectivity index (χ4n) is 1.97. The van der Waals surface area contributed by atoms with Crippen molar-refractivity contribution in [2.24, 2.45) is 5.73 Å². The number of carboxylic acids is 2. The number of carbonyl (C=O) groups is 5. The third kappa shape index (κ3) is 10.1. The van der Waals surface area contributed by atoms with Gasteiger partial charge >= 0.3 is 11.9 Å². The Morgan fingerprint density at radius 1 is 1.07 bits per heavy atom. The summed E-state index contributed by atoms with van der Waals surface area (Å²) in [5, 5.41) is 33.5. The average molecular weight is 422 g/mol. The third-order valence-electron chi connectivity index (χ3n) is 3.46. The van der Waals surface area contributed by atoms with Crippen LogP contribution in [-0.2, 0) is 24.0 Å². The van der Waals surface area contributed by atoms with Crippen LogP contribution in [0.25, 0.3) is 0 Å². The molecule has 0 aromatic heterocycles. The number of carbonyl (C=O) groups excluding carboxylic acids is 3. The number of aliphatic carboxylic acids is 2. The Morgan fingerprint density at radius 3 is 2.14 bits per heavy atom. The zero-order chi connectivity index (χ0) is 21.9. The standard InChI is InChI=1S/C15H26N4O8S/c1-7(20)12(15(26)27)19-10(21)6-17-14(25)9(3-4-28-2)18-13(24)8(16)5-11(22)23/h7-9,12,20H,3-6,16H2,1-2H3,(H,17,25)(H,18,24)(H,19,21)(H,22,23)(H,26,27). The van der Waals surface area contributed by atoms with Gasteiger partial charge in [-0.05, 0) is 25.4 Å². The number of nitrogens with one attached hydrogen (secondary N) is 3. The second-order valence-corrected chi connectivity index (χ2v) is 6.87. The highest BCUT2D eigenvalue weighted by atomic mass is 32.2. The first-order valence-electron chi connectivity index (χ1n) is 8.24. The van der Waals surface area contributed by atoms with Gasteiger partial charge in [0, 0.05) is 0 Å². The molecule has 12 nitrogen and oxygen atoms in total. The van der Waals surface area contributed by atoms with Crippen LogP contribution >= 0.6 is 11.8 Å². The minimum absolute atomic E-state index is 0.200. The zero-order valence-electron chi connectivity index (χ0n) is 15.5. The molecular weight excluding hydrogens is 396 g/mol. The lowest BCUT2D eigenvalue weighted by Crippen LogP contribution is -2.54. The van der Waals surface area contributed by atoms with Gasteiger partial charge < -0.3 is 37.0 Å². The van der Waals surface area contributed by atoms with Gasteiger partial charge in [-0.2, -0.15) is 11.8 Å². The van der Waals surface area contributed by atoms with Gasteiger partial charge in [0.1, 0.15) is 6.04 Å². The van der Waals surface area contributed by atoms with Crippen LogP contribution in [0.1, 0.15) is 19.8 Å². The molecule has 13 heteroatoms. The Kier molecular flexibility index (Phi) is 11.8. The van der Waals surface area contributed by atoms with E-state index in [1.165, 1.54) is 18.7 Å². The molecule has 4 unspecified atom stereocenters. The van der Waals surface area contributed by atoms with Crippen molar-refractivity contribution in [2.75, 3.05) is 18.6 Å². The summed E-state index contributed by atoms with van der Waals surface area (Å²) in [6, 6.07) is -3.93. The van der Waals surface area contributed by atoms with Gasteiger partial charge in [0.15, 0.2) is 6.04 Å². The largest absolute Gasteiger partial charge is 0.481 e. The van der Waals surface area contributed by atoms with Gasteiger partial charge in [-0.1, -0.05) is 0 Å². The molecule has 28 heavy (non-hydrogen) atoms. The summed E-state index contributed by atoms with van der Waals surface area (Å²) >= 11 is 1.40. The molecule has 0 aliphatic rings. The van der Waals surface area contributed by atoms with Crippen molar-refractivity contribution >= 4 is 41.4 Å². The number of thioether (sulfide) groups is 1. The lowest BCUT2D eigenvalue weighted by Gasteiger charge is -2.21. The van der Waals surface area contributed by atoms with E-state index in [-0.39, 0.29) is 6.42 Å². The molecule has 0 saturated heterocycles. The SMILES string of the molecule is CSCCC(NC(=O)C(N)CC(=O)O)C(=O)NCC(=O)NC(C(=O)O)C(C)O. The van der Waals surface area contributed by atoms with Crippen molar-refractivity contribution in [3.63, 3.8) is 0 Å². The molecule has 0 rings (SSSR count). The second kappa shape index (κ2) is 12.9. The van der Waals surface area contributed by atoms with Crippen molar-refractivity contribution in [3.05, 3.63) is 0 Å². The van der Waals surface area contributed by atoms with Gasteiger partial charge in [-0.25, -0.2) is 4.79 Å². The van der Waals surface area contributed by atoms with Crippen LogP contribution in [0.5, 0.6) is 0 Å². The predicted molar refractivity (Wildman–Crippen MR) is 99.4 cm³/mol. The molecule has 0 saturated carbocycles. The molecule has 0 radical (unpaired) electrons. The van der Waals surface area contributed by atoms with Gasteiger partial charge in [0.2, 0.25) is 17.7 Å². The first kappa shape index (κ1) is 25.6. The Bertz CT molecular complexity index is 586. The van der Waals surface area contributed by atoms with E-state index in [2.05, 4.69) is 16.0 Å². The van der Waals surface area contributed by atoms with E-state index in [9.17, 15) is 29.1 Å². The summed E-state index contributed by atoms with van der Waals surface area (Å²) in [5.41, 5.74) is 5.46. The van der Waals surface area contributed by atoms with Crippen LogP contribution in [0.4, 0.5) is 0 Å². The predicted octanol–water partition coefficient (Wildman–Crippen LogP) is -2.91. The third-order valence-corrected chi connectivity index (χ3v) is 4.11. The Morgan fingerprint density at radius 2 is 1.68 bits per heavy atom. The second-order valence-electron chi connectivity index (χ2n) is 5.89. The minimum atomic E-state index is -1.54. The molecule has 0 aromatic rings. The van der Waals surface area contributed by atoms with E-state index in [1.54, 1.807) is 6.26 Å². The lowest BCUT2D eigenvalue weighted by molar-refractivity contribution is -0.144. The molecule has 8 N–H and O–H groups in total. The number of hydrogen-bond acceptors (Lipinski definition) is 8. The minimum Gasteiger partial charge on any atom is -0.481 e. The highest BCUT2D eigenvalue weighted by molar-refractivity contribution is 7.98. The fourth-order valence-corrected chi connectivity index (χ4v) is 2.44. The molecular formula is C15H26N4O8S. The topological polar surface area (TPSA) is 208 Å². The van der Waals surface area contributed by atoms with Crippen LogP contribution in [0.15, 0.2) is 0 Å². The molecule has 0 aliphatic carbocycles. The molecule has 0 aromatic carbocycles. The van der Waals surface area contributed by atoms with Gasteiger partial charge in [0.25, 0.3) is 0 Å². The van der Waals surface area contributed by atoms with E-state index in [0.717, 1.165) is 0 Å². The van der Waals surface area contributed by atoms with Crippen LogP contribution in [-0.4, -0.2) is 87.8 Å². The van der Waals surface area contributed by atoms with E-state index < -0.39 is 66.9 Å². The summed E-state index contributed by atoms with van der Waals surface area (Å²) < 4.78 is 0. The number of nitrogens with two attached hydrogens (primary N) is 1. The number of hydrogen-bond donors (Lipinski definition) is 7. The van der Waals surface area contributed by atoms with Crippen molar-refractivity contribution in [1.29, 1.82) is 0 Å². The van der Waals surface area contributed by atoms with Gasteiger partial charge in [0.05, 0.1) is 25.1 Å². The number of aliphatic hydroxyl groups excluding tert-OH is 1. The van der Waals surface area contributed by atoms with Crippen molar-refractivity contribution in [3.8, 4) is 0 Å². The summed E-state index contributed by atoms with van der Waals surface area (Å²) in [5.74, 6) is -4.61. The Labute approximate surface area is 165 Å². The summed E-state index contributed by atoms with van der Waals surface area (Å²) in [6.07, 6.45) is 0.0243. The quantitative estimate of drug-likeness (QED) is 0.161. The lowest BCUT2D eigenvalue weighted by atomic mass is 10.1.